The van der Waals surface area contributed by atoms with Crippen molar-refractivity contribution in [3.8, 4) is 11.5 Å². The van der Waals surface area contributed by atoms with Gasteiger partial charge in [-0.1, -0.05) is 30.7 Å². The average molecular weight is 456 g/mol. The van der Waals surface area contributed by atoms with Crippen molar-refractivity contribution in [2.24, 2.45) is 0 Å². The maximum atomic E-state index is 12.8. The Kier molecular flexibility index (Phi) is 7.89. The first-order valence-corrected chi connectivity index (χ1v) is 10.8. The third-order valence-electron chi connectivity index (χ3n) is 4.82. The van der Waals surface area contributed by atoms with Crippen LogP contribution in [0.15, 0.2) is 47.3 Å². The van der Waals surface area contributed by atoms with Gasteiger partial charge in [0.05, 0.1) is 36.2 Å². The fourth-order valence-electron chi connectivity index (χ4n) is 3.19. The summed E-state index contributed by atoms with van der Waals surface area (Å²) >= 11 is 6.35. The molecule has 0 radical (unpaired) electrons. The molecule has 0 fully saturated rings. The number of carbonyl (C=O) groups is 1. The maximum absolute atomic E-state index is 12.8. The van der Waals surface area contributed by atoms with E-state index in [2.05, 4.69) is 9.97 Å². The maximum Gasteiger partial charge on any atom is 0.258 e. The molecule has 1 amide bonds. The number of H-pyrrole nitrogens is 1. The van der Waals surface area contributed by atoms with E-state index in [4.69, 9.17) is 21.1 Å². The lowest BCUT2D eigenvalue weighted by Crippen LogP contribution is -2.30. The van der Waals surface area contributed by atoms with Gasteiger partial charge in [0.25, 0.3) is 5.56 Å². The molecule has 32 heavy (non-hydrogen) atoms. The Bertz CT molecular complexity index is 1190. The molecule has 0 spiro atoms. The molecular formula is C24H26ClN3O4. The number of methoxy groups -OCH3 is 1. The lowest BCUT2D eigenvalue weighted by Gasteiger charge is -2.18. The number of carbonyl (C=O) groups excluding carboxylic acids is 1. The predicted octanol–water partition coefficient (Wildman–Crippen LogP) is 4.44. The van der Waals surface area contributed by atoms with Crippen LogP contribution in [0.25, 0.3) is 17.0 Å². The summed E-state index contributed by atoms with van der Waals surface area (Å²) < 4.78 is 11.0. The minimum atomic E-state index is -0.225. The van der Waals surface area contributed by atoms with Gasteiger partial charge in [-0.3, -0.25) is 9.59 Å². The van der Waals surface area contributed by atoms with Gasteiger partial charge in [0.2, 0.25) is 5.91 Å². The lowest BCUT2D eigenvalue weighted by atomic mass is 10.1. The van der Waals surface area contributed by atoms with E-state index in [1.165, 1.54) is 6.08 Å². The van der Waals surface area contributed by atoms with E-state index in [0.29, 0.717) is 52.0 Å². The summed E-state index contributed by atoms with van der Waals surface area (Å²) in [6.45, 7) is 5.04. The van der Waals surface area contributed by atoms with Crippen LogP contribution in [0.3, 0.4) is 0 Å². The molecule has 8 heteroatoms. The third-order valence-corrected chi connectivity index (χ3v) is 5.10. The van der Waals surface area contributed by atoms with Gasteiger partial charge in [-0.25, -0.2) is 4.98 Å². The van der Waals surface area contributed by atoms with Gasteiger partial charge >= 0.3 is 0 Å². The highest BCUT2D eigenvalue weighted by Gasteiger charge is 2.14. The molecule has 0 aliphatic rings. The summed E-state index contributed by atoms with van der Waals surface area (Å²) in [5.74, 6) is 1.20. The van der Waals surface area contributed by atoms with Crippen LogP contribution >= 0.6 is 11.6 Å². The average Bonchev–Trinajstić information content (AvgIpc) is 2.80. The Balaban J connectivity index is 1.78. The van der Waals surface area contributed by atoms with Crippen LogP contribution in [0.5, 0.6) is 11.5 Å². The number of amides is 1. The van der Waals surface area contributed by atoms with Crippen LogP contribution in [0.1, 0.15) is 31.7 Å². The summed E-state index contributed by atoms with van der Waals surface area (Å²) in [5.41, 5.74) is 1.08. The number of hydrogen-bond acceptors (Lipinski definition) is 5. The Morgan fingerprint density at radius 1 is 1.25 bits per heavy atom. The van der Waals surface area contributed by atoms with Crippen molar-refractivity contribution in [1.82, 2.24) is 14.9 Å². The quantitative estimate of drug-likeness (QED) is 0.482. The molecule has 1 heterocycles. The number of rotatable bonds is 9. The van der Waals surface area contributed by atoms with Gasteiger partial charge in [0.15, 0.2) is 11.5 Å². The van der Waals surface area contributed by atoms with E-state index in [-0.39, 0.29) is 18.0 Å². The van der Waals surface area contributed by atoms with Gasteiger partial charge in [-0.05, 0) is 49.2 Å². The van der Waals surface area contributed by atoms with E-state index in [1.54, 1.807) is 48.4 Å². The topological polar surface area (TPSA) is 84.5 Å². The number of fused-ring (bicyclic) bond motifs is 1. The smallest absolute Gasteiger partial charge is 0.258 e. The Morgan fingerprint density at radius 2 is 2.03 bits per heavy atom. The third kappa shape index (κ3) is 5.48. The van der Waals surface area contributed by atoms with Gasteiger partial charge in [-0.15, -0.1) is 0 Å². The number of halogens is 1. The van der Waals surface area contributed by atoms with Crippen LogP contribution in [0, 0.1) is 0 Å². The zero-order valence-electron chi connectivity index (χ0n) is 18.4. The van der Waals surface area contributed by atoms with Crippen molar-refractivity contribution >= 4 is 34.5 Å². The number of para-hydroxylation sites is 1. The van der Waals surface area contributed by atoms with Crippen LogP contribution in [-0.2, 0) is 11.3 Å². The first-order chi connectivity index (χ1) is 15.5. The van der Waals surface area contributed by atoms with Gasteiger partial charge in [-0.2, -0.15) is 0 Å². The summed E-state index contributed by atoms with van der Waals surface area (Å²) in [6, 6.07) is 10.6. The summed E-state index contributed by atoms with van der Waals surface area (Å²) in [6.07, 6.45) is 3.97. The second kappa shape index (κ2) is 10.8. The van der Waals surface area contributed by atoms with E-state index in [1.807, 2.05) is 19.9 Å². The lowest BCUT2D eigenvalue weighted by molar-refractivity contribution is -0.126. The van der Waals surface area contributed by atoms with Crippen molar-refractivity contribution in [1.29, 1.82) is 0 Å². The fourth-order valence-corrected chi connectivity index (χ4v) is 3.46. The molecule has 0 atom stereocenters. The zero-order valence-corrected chi connectivity index (χ0v) is 19.1. The van der Waals surface area contributed by atoms with Crippen molar-refractivity contribution in [3.05, 3.63) is 69.2 Å². The standard InChI is InChI=1S/C24H26ClN3O4/c1-4-12-32-23-18(25)13-16(14-20(23)31-3)10-11-22(29)28(5-2)15-21-26-19-9-7-6-8-17(19)24(30)27-21/h6-11,13-14H,4-5,12,15H2,1-3H3,(H,26,27,30)/b11-10+. The Morgan fingerprint density at radius 3 is 2.75 bits per heavy atom. The molecule has 1 aromatic heterocycles. The highest BCUT2D eigenvalue weighted by molar-refractivity contribution is 6.32. The minimum Gasteiger partial charge on any atom is -0.493 e. The molecule has 0 aliphatic heterocycles. The van der Waals surface area contributed by atoms with Crippen molar-refractivity contribution in [3.63, 3.8) is 0 Å². The number of likely N-dealkylation sites (N-methyl/N-ethyl adjacent to an activating group) is 1. The SMILES string of the molecule is CCCOc1c(Cl)cc(/C=C/C(=O)N(CC)Cc2nc3ccccc3c(=O)[nH]2)cc1OC. The zero-order chi connectivity index (χ0) is 23.1. The Hall–Kier alpha value is -3.32. The van der Waals surface area contributed by atoms with E-state index in [0.717, 1.165) is 6.42 Å². The van der Waals surface area contributed by atoms with E-state index in [9.17, 15) is 9.59 Å². The van der Waals surface area contributed by atoms with E-state index >= 15 is 0 Å². The molecular weight excluding hydrogens is 430 g/mol. The number of aromatic nitrogens is 2. The molecule has 1 N–H and O–H groups in total. The van der Waals surface area contributed by atoms with Crippen molar-refractivity contribution < 1.29 is 14.3 Å². The summed E-state index contributed by atoms with van der Waals surface area (Å²) in [7, 11) is 1.54. The molecule has 0 bridgehead atoms. The first-order valence-electron chi connectivity index (χ1n) is 10.4. The Labute approximate surface area is 191 Å². The van der Waals surface area contributed by atoms with Crippen molar-refractivity contribution in [2.75, 3.05) is 20.3 Å². The fraction of sp³-hybridized carbons (Fsp3) is 0.292. The largest absolute Gasteiger partial charge is 0.493 e. The number of aromatic amines is 1. The second-order valence-corrected chi connectivity index (χ2v) is 7.51. The molecule has 0 unspecified atom stereocenters. The van der Waals surface area contributed by atoms with Gasteiger partial charge < -0.3 is 19.4 Å². The molecule has 7 nitrogen and oxygen atoms in total. The molecule has 0 saturated heterocycles. The number of ether oxygens (including phenoxy) is 2. The number of hydrogen-bond donors (Lipinski definition) is 1. The van der Waals surface area contributed by atoms with Crippen LogP contribution < -0.4 is 15.0 Å². The molecule has 0 saturated carbocycles. The number of nitrogens with zero attached hydrogens (tertiary/aromatic N) is 2. The monoisotopic (exact) mass is 455 g/mol. The van der Waals surface area contributed by atoms with Gasteiger partial charge in [0.1, 0.15) is 5.82 Å². The summed E-state index contributed by atoms with van der Waals surface area (Å²) in [4.78, 5) is 33.9. The number of benzene rings is 2. The predicted molar refractivity (Wildman–Crippen MR) is 126 cm³/mol. The van der Waals surface area contributed by atoms with Crippen LogP contribution in [0.4, 0.5) is 0 Å². The highest BCUT2D eigenvalue weighted by atomic mass is 35.5. The van der Waals surface area contributed by atoms with Crippen molar-refractivity contribution in [2.45, 2.75) is 26.8 Å². The molecule has 2 aromatic carbocycles. The molecule has 3 aromatic rings. The first kappa shape index (κ1) is 23.3. The number of nitrogens with one attached hydrogen (secondary N) is 1. The molecule has 0 aliphatic carbocycles. The van der Waals surface area contributed by atoms with Gasteiger partial charge in [0, 0.05) is 12.6 Å². The second-order valence-electron chi connectivity index (χ2n) is 7.10. The normalized spacial score (nSPS) is 11.1. The molecule has 3 rings (SSSR count). The minimum absolute atomic E-state index is 0.188. The highest BCUT2D eigenvalue weighted by Crippen LogP contribution is 2.36. The van der Waals surface area contributed by atoms with Crippen LogP contribution in [-0.4, -0.2) is 41.0 Å². The van der Waals surface area contributed by atoms with Crippen LogP contribution in [0.2, 0.25) is 5.02 Å². The summed E-state index contributed by atoms with van der Waals surface area (Å²) in [5, 5.41) is 0.929. The van der Waals surface area contributed by atoms with E-state index < -0.39 is 0 Å². The molecule has 168 valence electrons.